The Morgan fingerprint density at radius 1 is 1.17 bits per heavy atom. The van der Waals surface area contributed by atoms with Crippen LogP contribution >= 0.6 is 0 Å². The van der Waals surface area contributed by atoms with E-state index in [1.54, 1.807) is 30.3 Å². The van der Waals surface area contributed by atoms with Crippen LogP contribution in [0.3, 0.4) is 0 Å². The lowest BCUT2D eigenvalue weighted by Crippen LogP contribution is -2.43. The third kappa shape index (κ3) is 6.11. The van der Waals surface area contributed by atoms with Gasteiger partial charge in [-0.3, -0.25) is 0 Å². The van der Waals surface area contributed by atoms with E-state index < -0.39 is 28.2 Å². The Morgan fingerprint density at radius 2 is 1.83 bits per heavy atom. The number of hydrogen-bond donors (Lipinski definition) is 3. The van der Waals surface area contributed by atoms with Gasteiger partial charge in [-0.25, -0.2) is 9.59 Å². The first-order chi connectivity index (χ1) is 14.1. The number of primary amides is 1. The largest absolute Gasteiger partial charge is 0.493 e. The smallest absolute Gasteiger partial charge is 0.339 e. The minimum atomic E-state index is -4.10. The molecule has 0 spiro atoms. The highest BCUT2D eigenvalue weighted by Crippen LogP contribution is 2.34. The number of amides is 2. The maximum absolute atomic E-state index is 12.7. The Labute approximate surface area is 174 Å². The Balaban J connectivity index is 2.23. The number of urea groups is 1. The molecule has 2 aromatic carbocycles. The summed E-state index contributed by atoms with van der Waals surface area (Å²) in [5.41, 5.74) is 6.42. The molecule has 1 atom stereocenters. The molecular formula is C20H24N2O7S. The van der Waals surface area contributed by atoms with E-state index >= 15 is 0 Å². The molecule has 0 bridgehead atoms. The molecule has 4 N–H and O–H groups in total. The highest BCUT2D eigenvalue weighted by atomic mass is 32.2. The van der Waals surface area contributed by atoms with E-state index in [1.807, 2.05) is 6.92 Å². The highest BCUT2D eigenvalue weighted by Gasteiger charge is 2.23. The Morgan fingerprint density at radius 3 is 2.40 bits per heavy atom. The highest BCUT2D eigenvalue weighted by molar-refractivity contribution is 7.87. The van der Waals surface area contributed by atoms with Gasteiger partial charge in [-0.15, -0.1) is 0 Å². The summed E-state index contributed by atoms with van der Waals surface area (Å²) < 4.78 is 36.1. The average molecular weight is 436 g/mol. The monoisotopic (exact) mass is 436 g/mol. The first-order valence-electron chi connectivity index (χ1n) is 9.10. The van der Waals surface area contributed by atoms with Gasteiger partial charge >= 0.3 is 22.1 Å². The lowest BCUT2D eigenvalue weighted by atomic mass is 10.0. The van der Waals surface area contributed by atoms with Gasteiger partial charge in [-0.2, -0.15) is 8.42 Å². The topological polar surface area (TPSA) is 145 Å². The molecule has 0 saturated carbocycles. The lowest BCUT2D eigenvalue weighted by Gasteiger charge is -2.16. The third-order valence-corrected chi connectivity index (χ3v) is 5.57. The van der Waals surface area contributed by atoms with Crippen LogP contribution in [0.25, 0.3) is 0 Å². The summed E-state index contributed by atoms with van der Waals surface area (Å²) in [5, 5.41) is 11.3. The predicted molar refractivity (Wildman–Crippen MR) is 109 cm³/mol. The quantitative estimate of drug-likeness (QED) is 0.484. The molecule has 0 aliphatic heterocycles. The van der Waals surface area contributed by atoms with Gasteiger partial charge in [0.2, 0.25) is 0 Å². The number of aliphatic carboxylic acids is 1. The van der Waals surface area contributed by atoms with Gasteiger partial charge in [-0.05, 0) is 49.9 Å². The summed E-state index contributed by atoms with van der Waals surface area (Å²) in [6.45, 7) is 1.84. The number of methoxy groups -OCH3 is 1. The number of aryl methyl sites for hydroxylation is 2. The molecular weight excluding hydrogens is 412 g/mol. The molecule has 2 aromatic rings. The van der Waals surface area contributed by atoms with Gasteiger partial charge in [0.25, 0.3) is 0 Å². The average Bonchev–Trinajstić information content (AvgIpc) is 2.68. The summed E-state index contributed by atoms with van der Waals surface area (Å²) in [6.07, 6.45) is 0.713. The number of hydrogen-bond acceptors (Lipinski definition) is 6. The van der Waals surface area contributed by atoms with Gasteiger partial charge in [0, 0.05) is 0 Å². The van der Waals surface area contributed by atoms with Gasteiger partial charge in [-0.1, -0.05) is 29.8 Å². The summed E-state index contributed by atoms with van der Waals surface area (Å²) in [6, 6.07) is 9.06. The Kier molecular flexibility index (Phi) is 7.65. The van der Waals surface area contributed by atoms with E-state index in [-0.39, 0.29) is 22.8 Å². The third-order valence-electron chi connectivity index (χ3n) is 4.34. The van der Waals surface area contributed by atoms with Crippen LogP contribution in [0.1, 0.15) is 24.0 Å². The summed E-state index contributed by atoms with van der Waals surface area (Å²) in [4.78, 5) is 22.2. The molecule has 162 valence electrons. The number of ether oxygens (including phenoxy) is 1. The Bertz CT molecular complexity index is 1000. The van der Waals surface area contributed by atoms with Crippen LogP contribution in [0.15, 0.2) is 47.4 Å². The van der Waals surface area contributed by atoms with E-state index in [4.69, 9.17) is 19.8 Å². The van der Waals surface area contributed by atoms with Gasteiger partial charge in [0.15, 0.2) is 11.5 Å². The predicted octanol–water partition coefficient (Wildman–Crippen LogP) is 2.22. The normalized spacial score (nSPS) is 12.1. The molecule has 0 aliphatic carbocycles. The number of carboxylic acids is 1. The summed E-state index contributed by atoms with van der Waals surface area (Å²) in [7, 11) is -2.71. The van der Waals surface area contributed by atoms with Gasteiger partial charge in [0.05, 0.1) is 7.11 Å². The molecule has 0 radical (unpaired) electrons. The maximum Gasteiger partial charge on any atom is 0.339 e. The molecule has 0 aromatic heterocycles. The number of nitrogens with one attached hydrogen (secondary N) is 1. The molecule has 0 heterocycles. The maximum atomic E-state index is 12.7. The molecule has 0 unspecified atom stereocenters. The zero-order valence-electron chi connectivity index (χ0n) is 16.6. The molecule has 30 heavy (non-hydrogen) atoms. The lowest BCUT2D eigenvalue weighted by molar-refractivity contribution is -0.139. The van der Waals surface area contributed by atoms with Crippen molar-refractivity contribution in [2.75, 3.05) is 7.11 Å². The summed E-state index contributed by atoms with van der Waals surface area (Å²) in [5.74, 6) is -0.943. The number of benzene rings is 2. The van der Waals surface area contributed by atoms with E-state index in [0.717, 1.165) is 5.56 Å². The van der Waals surface area contributed by atoms with Crippen molar-refractivity contribution in [3.05, 3.63) is 53.6 Å². The second-order valence-corrected chi connectivity index (χ2v) is 8.14. The fourth-order valence-corrected chi connectivity index (χ4v) is 3.78. The SMILES string of the molecule is COc1cccc(CCC[C@@H](NC(N)=O)C(=O)O)c1OS(=O)(=O)c1ccc(C)cc1. The number of para-hydroxylation sites is 1. The van der Waals surface area contributed by atoms with Crippen molar-refractivity contribution >= 4 is 22.1 Å². The van der Waals surface area contributed by atoms with Crippen molar-refractivity contribution in [1.82, 2.24) is 5.32 Å². The molecule has 10 heteroatoms. The van der Waals surface area contributed by atoms with Gasteiger partial charge < -0.3 is 25.1 Å². The van der Waals surface area contributed by atoms with Crippen molar-refractivity contribution in [2.24, 2.45) is 5.73 Å². The van der Waals surface area contributed by atoms with E-state index in [2.05, 4.69) is 5.32 Å². The number of rotatable bonds is 10. The van der Waals surface area contributed by atoms with Crippen LogP contribution in [0.5, 0.6) is 11.5 Å². The molecule has 2 amide bonds. The van der Waals surface area contributed by atoms with Crippen LogP contribution in [0.4, 0.5) is 4.79 Å². The summed E-state index contributed by atoms with van der Waals surface area (Å²) >= 11 is 0. The van der Waals surface area contributed by atoms with E-state index in [0.29, 0.717) is 18.4 Å². The molecule has 0 saturated heterocycles. The van der Waals surface area contributed by atoms with Crippen LogP contribution in [-0.4, -0.2) is 38.7 Å². The van der Waals surface area contributed by atoms with Crippen LogP contribution in [-0.2, 0) is 21.3 Å². The van der Waals surface area contributed by atoms with E-state index in [1.165, 1.54) is 19.2 Å². The van der Waals surface area contributed by atoms with Crippen molar-refractivity contribution in [3.63, 3.8) is 0 Å². The second kappa shape index (κ2) is 9.97. The standard InChI is InChI=1S/C20H24N2O7S/c1-13-9-11-15(12-10-13)30(26,27)29-18-14(6-4-8-17(18)28-2)5-3-7-16(19(23)24)22-20(21)25/h4,6,8-12,16H,3,5,7H2,1-2H3,(H,23,24)(H3,21,22,25)/t16-/m1/s1. The zero-order chi connectivity index (χ0) is 22.3. The number of nitrogens with two attached hydrogens (primary N) is 1. The zero-order valence-corrected chi connectivity index (χ0v) is 17.4. The molecule has 0 fully saturated rings. The first-order valence-corrected chi connectivity index (χ1v) is 10.5. The van der Waals surface area contributed by atoms with Crippen LogP contribution < -0.4 is 20.0 Å². The van der Waals surface area contributed by atoms with E-state index in [9.17, 15) is 18.0 Å². The molecule has 2 rings (SSSR count). The van der Waals surface area contributed by atoms with Crippen LogP contribution in [0, 0.1) is 6.92 Å². The molecule has 0 aliphatic rings. The van der Waals surface area contributed by atoms with Crippen molar-refractivity contribution in [1.29, 1.82) is 0 Å². The van der Waals surface area contributed by atoms with Crippen molar-refractivity contribution in [3.8, 4) is 11.5 Å². The molecule has 9 nitrogen and oxygen atoms in total. The first kappa shape index (κ1) is 23.0. The van der Waals surface area contributed by atoms with Crippen molar-refractivity contribution in [2.45, 2.75) is 37.1 Å². The number of carbonyl (C=O) groups is 2. The fraction of sp³-hybridized carbons (Fsp3) is 0.300. The minimum absolute atomic E-state index is 0.00144. The van der Waals surface area contributed by atoms with Crippen LogP contribution in [0.2, 0.25) is 0 Å². The fourth-order valence-electron chi connectivity index (χ4n) is 2.80. The number of carboxylic acid groups (broad SMARTS) is 1. The minimum Gasteiger partial charge on any atom is -0.493 e. The Hall–Kier alpha value is -3.27. The van der Waals surface area contributed by atoms with Gasteiger partial charge in [0.1, 0.15) is 10.9 Å². The second-order valence-electron chi connectivity index (χ2n) is 6.59. The van der Waals surface area contributed by atoms with Crippen molar-refractivity contribution < 1.29 is 32.0 Å². The number of carbonyl (C=O) groups excluding carboxylic acids is 1.